The summed E-state index contributed by atoms with van der Waals surface area (Å²) in [7, 11) is 0. The monoisotopic (exact) mass is 255 g/mol. The van der Waals surface area contributed by atoms with E-state index < -0.39 is 0 Å². The molecule has 2 atom stereocenters. The van der Waals surface area contributed by atoms with Gasteiger partial charge in [-0.2, -0.15) is 11.8 Å². The molecule has 0 bridgehead atoms. The Labute approximate surface area is 112 Å². The lowest BCUT2D eigenvalue weighted by molar-refractivity contribution is 0.274. The lowest BCUT2D eigenvalue weighted by Gasteiger charge is -2.27. The SMILES string of the molecule is CCSC1CCC(NCC2CCC(C)CC2)C1. The molecule has 0 aromatic carbocycles. The molecule has 0 saturated heterocycles. The van der Waals surface area contributed by atoms with Crippen molar-refractivity contribution in [3.8, 4) is 0 Å². The van der Waals surface area contributed by atoms with Crippen molar-refractivity contribution in [2.45, 2.75) is 70.1 Å². The zero-order valence-electron chi connectivity index (χ0n) is 11.6. The number of rotatable bonds is 5. The third-order valence-corrected chi connectivity index (χ3v) is 5.85. The Hall–Kier alpha value is 0.310. The molecule has 2 rings (SSSR count). The number of hydrogen-bond acceptors (Lipinski definition) is 2. The van der Waals surface area contributed by atoms with E-state index in [1.54, 1.807) is 0 Å². The first-order chi connectivity index (χ1) is 8.28. The highest BCUT2D eigenvalue weighted by molar-refractivity contribution is 7.99. The largest absolute Gasteiger partial charge is 0.314 e. The van der Waals surface area contributed by atoms with E-state index in [2.05, 4.69) is 30.9 Å². The van der Waals surface area contributed by atoms with Crippen LogP contribution in [-0.4, -0.2) is 23.6 Å². The van der Waals surface area contributed by atoms with Gasteiger partial charge < -0.3 is 5.32 Å². The normalized spacial score (nSPS) is 38.5. The number of hydrogen-bond donors (Lipinski definition) is 1. The molecule has 17 heavy (non-hydrogen) atoms. The van der Waals surface area contributed by atoms with E-state index in [1.165, 1.54) is 57.2 Å². The van der Waals surface area contributed by atoms with Crippen LogP contribution in [0, 0.1) is 11.8 Å². The van der Waals surface area contributed by atoms with Crippen LogP contribution in [0.15, 0.2) is 0 Å². The van der Waals surface area contributed by atoms with Crippen LogP contribution in [0.3, 0.4) is 0 Å². The topological polar surface area (TPSA) is 12.0 Å². The summed E-state index contributed by atoms with van der Waals surface area (Å²) in [5.74, 6) is 3.25. The quantitative estimate of drug-likeness (QED) is 0.794. The van der Waals surface area contributed by atoms with Gasteiger partial charge in [0.1, 0.15) is 0 Å². The van der Waals surface area contributed by atoms with Gasteiger partial charge in [0.05, 0.1) is 0 Å². The fourth-order valence-electron chi connectivity index (χ4n) is 3.38. The molecule has 0 heterocycles. The van der Waals surface area contributed by atoms with Crippen molar-refractivity contribution < 1.29 is 0 Å². The van der Waals surface area contributed by atoms with Gasteiger partial charge in [0.25, 0.3) is 0 Å². The summed E-state index contributed by atoms with van der Waals surface area (Å²) >= 11 is 2.16. The van der Waals surface area contributed by atoms with Gasteiger partial charge in [-0.1, -0.05) is 26.7 Å². The lowest BCUT2D eigenvalue weighted by Crippen LogP contribution is -2.33. The third kappa shape index (κ3) is 4.48. The summed E-state index contributed by atoms with van der Waals surface area (Å²) < 4.78 is 0. The summed E-state index contributed by atoms with van der Waals surface area (Å²) in [5, 5.41) is 4.79. The molecule has 100 valence electrons. The van der Waals surface area contributed by atoms with Gasteiger partial charge in [-0.3, -0.25) is 0 Å². The molecule has 2 aliphatic rings. The second-order valence-corrected chi connectivity index (χ2v) is 7.70. The third-order valence-electron chi connectivity index (χ3n) is 4.62. The van der Waals surface area contributed by atoms with Crippen molar-refractivity contribution in [3.63, 3.8) is 0 Å². The zero-order valence-corrected chi connectivity index (χ0v) is 12.4. The van der Waals surface area contributed by atoms with Gasteiger partial charge in [-0.15, -0.1) is 0 Å². The first-order valence-electron chi connectivity index (χ1n) is 7.63. The van der Waals surface area contributed by atoms with E-state index >= 15 is 0 Å². The van der Waals surface area contributed by atoms with Crippen molar-refractivity contribution in [2.75, 3.05) is 12.3 Å². The predicted octanol–water partition coefficient (Wildman–Crippen LogP) is 4.08. The maximum absolute atomic E-state index is 3.84. The second kappa shape index (κ2) is 7.04. The van der Waals surface area contributed by atoms with E-state index in [1.807, 2.05) is 0 Å². The van der Waals surface area contributed by atoms with Crippen molar-refractivity contribution in [1.82, 2.24) is 5.32 Å². The van der Waals surface area contributed by atoms with E-state index in [9.17, 15) is 0 Å². The van der Waals surface area contributed by atoms with Gasteiger partial charge in [-0.05, 0) is 56.2 Å². The van der Waals surface area contributed by atoms with Crippen LogP contribution in [0.25, 0.3) is 0 Å². The summed E-state index contributed by atoms with van der Waals surface area (Å²) in [6.07, 6.45) is 10.1. The molecule has 2 heteroatoms. The smallest absolute Gasteiger partial charge is 0.00781 e. The Balaban J connectivity index is 1.59. The molecule has 0 spiro atoms. The second-order valence-electron chi connectivity index (χ2n) is 6.12. The van der Waals surface area contributed by atoms with Crippen molar-refractivity contribution in [3.05, 3.63) is 0 Å². The van der Waals surface area contributed by atoms with E-state index in [-0.39, 0.29) is 0 Å². The lowest BCUT2D eigenvalue weighted by atomic mass is 9.83. The van der Waals surface area contributed by atoms with Gasteiger partial charge in [0.2, 0.25) is 0 Å². The Morgan fingerprint density at radius 1 is 1.06 bits per heavy atom. The molecule has 1 nitrogen and oxygen atoms in total. The molecular weight excluding hydrogens is 226 g/mol. The van der Waals surface area contributed by atoms with Gasteiger partial charge in [0.15, 0.2) is 0 Å². The minimum Gasteiger partial charge on any atom is -0.314 e. The van der Waals surface area contributed by atoms with Crippen LogP contribution in [-0.2, 0) is 0 Å². The Morgan fingerprint density at radius 2 is 1.82 bits per heavy atom. The summed E-state index contributed by atoms with van der Waals surface area (Å²) in [6.45, 7) is 5.99. The molecule has 2 fully saturated rings. The number of thioether (sulfide) groups is 1. The molecule has 0 radical (unpaired) electrons. The minimum atomic E-state index is 0.832. The fourth-order valence-corrected chi connectivity index (χ4v) is 4.52. The van der Waals surface area contributed by atoms with E-state index in [0.29, 0.717) is 0 Å². The predicted molar refractivity (Wildman–Crippen MR) is 78.7 cm³/mol. The van der Waals surface area contributed by atoms with Crippen molar-refractivity contribution in [1.29, 1.82) is 0 Å². The van der Waals surface area contributed by atoms with Crippen molar-refractivity contribution in [2.24, 2.45) is 11.8 Å². The summed E-state index contributed by atoms with van der Waals surface area (Å²) in [5.41, 5.74) is 0. The highest BCUT2D eigenvalue weighted by atomic mass is 32.2. The van der Waals surface area contributed by atoms with Crippen LogP contribution < -0.4 is 5.32 Å². The molecule has 0 amide bonds. The maximum atomic E-state index is 3.84. The van der Waals surface area contributed by atoms with Crippen molar-refractivity contribution >= 4 is 11.8 Å². The molecule has 1 N–H and O–H groups in total. The highest BCUT2D eigenvalue weighted by Gasteiger charge is 2.25. The van der Waals surface area contributed by atoms with Crippen LogP contribution in [0.1, 0.15) is 58.8 Å². The first kappa shape index (κ1) is 13.7. The average molecular weight is 255 g/mol. The Morgan fingerprint density at radius 3 is 2.53 bits per heavy atom. The van der Waals surface area contributed by atoms with Gasteiger partial charge in [0, 0.05) is 11.3 Å². The molecule has 2 saturated carbocycles. The van der Waals surface area contributed by atoms with Crippen LogP contribution in [0.2, 0.25) is 0 Å². The first-order valence-corrected chi connectivity index (χ1v) is 8.67. The average Bonchev–Trinajstić information content (AvgIpc) is 2.77. The standard InChI is InChI=1S/C15H29NS/c1-3-17-15-9-8-14(10-15)16-11-13-6-4-12(2)5-7-13/h12-16H,3-11H2,1-2H3. The molecule has 2 aliphatic carbocycles. The Kier molecular flexibility index (Phi) is 5.68. The maximum Gasteiger partial charge on any atom is 0.00781 e. The van der Waals surface area contributed by atoms with Crippen LogP contribution in [0.5, 0.6) is 0 Å². The van der Waals surface area contributed by atoms with Gasteiger partial charge >= 0.3 is 0 Å². The van der Waals surface area contributed by atoms with Crippen LogP contribution in [0.4, 0.5) is 0 Å². The molecule has 0 aromatic heterocycles. The molecule has 0 aliphatic heterocycles. The van der Waals surface area contributed by atoms with E-state index in [4.69, 9.17) is 0 Å². The number of nitrogens with one attached hydrogen (secondary N) is 1. The molecule has 0 aromatic rings. The zero-order chi connectivity index (χ0) is 12.1. The fraction of sp³-hybridized carbons (Fsp3) is 1.00. The van der Waals surface area contributed by atoms with E-state index in [0.717, 1.165) is 23.1 Å². The molecule has 2 unspecified atom stereocenters. The summed E-state index contributed by atoms with van der Waals surface area (Å²) in [6, 6.07) is 0.832. The molecular formula is C15H29NS. The Bertz CT molecular complexity index is 211. The highest BCUT2D eigenvalue weighted by Crippen LogP contribution is 2.31. The van der Waals surface area contributed by atoms with Gasteiger partial charge in [-0.25, -0.2) is 0 Å². The van der Waals surface area contributed by atoms with Crippen LogP contribution >= 0.6 is 11.8 Å². The minimum absolute atomic E-state index is 0.832. The summed E-state index contributed by atoms with van der Waals surface area (Å²) in [4.78, 5) is 0.